The monoisotopic (exact) mass is 221 g/mol. The Morgan fingerprint density at radius 1 is 1.40 bits per heavy atom. The van der Waals surface area contributed by atoms with Gasteiger partial charge in [0.1, 0.15) is 0 Å². The van der Waals surface area contributed by atoms with Crippen LogP contribution < -0.4 is 4.90 Å². The third-order valence-electron chi connectivity index (χ3n) is 2.96. The van der Waals surface area contributed by atoms with E-state index in [2.05, 4.69) is 44.0 Å². The molecule has 1 nitrogen and oxygen atoms in total. The third kappa shape index (κ3) is 1.76. The van der Waals surface area contributed by atoms with Gasteiger partial charge in [0.05, 0.1) is 5.03 Å². The summed E-state index contributed by atoms with van der Waals surface area (Å²) in [5.74, 6) is 0. The molecular weight excluding hydrogens is 206 g/mol. The summed E-state index contributed by atoms with van der Waals surface area (Å²) in [5.41, 5.74) is 5.01. The molecule has 1 aromatic rings. The van der Waals surface area contributed by atoms with Crippen molar-refractivity contribution in [1.82, 2.24) is 0 Å². The second-order valence-corrected chi connectivity index (χ2v) is 4.53. The zero-order valence-electron chi connectivity index (χ0n) is 9.47. The van der Waals surface area contributed by atoms with Gasteiger partial charge in [-0.1, -0.05) is 30.2 Å². The molecule has 0 spiro atoms. The second kappa shape index (κ2) is 3.90. The summed E-state index contributed by atoms with van der Waals surface area (Å²) in [6.45, 7) is 5.21. The highest BCUT2D eigenvalue weighted by Crippen LogP contribution is 2.37. The van der Waals surface area contributed by atoms with Crippen LogP contribution in [0.1, 0.15) is 24.5 Å². The molecule has 1 aliphatic rings. The highest BCUT2D eigenvalue weighted by atomic mass is 35.5. The second-order valence-electron chi connectivity index (χ2n) is 4.15. The lowest BCUT2D eigenvalue weighted by atomic mass is 9.99. The molecule has 1 aromatic carbocycles. The summed E-state index contributed by atoms with van der Waals surface area (Å²) in [6, 6.07) is 6.46. The van der Waals surface area contributed by atoms with Crippen LogP contribution >= 0.6 is 11.6 Å². The molecule has 2 rings (SSSR count). The van der Waals surface area contributed by atoms with Gasteiger partial charge in [-0.2, -0.15) is 0 Å². The number of nitrogens with zero attached hydrogens (tertiary/aromatic N) is 1. The van der Waals surface area contributed by atoms with Gasteiger partial charge in [-0.15, -0.1) is 0 Å². The summed E-state index contributed by atoms with van der Waals surface area (Å²) in [5, 5.41) is 0.953. The Labute approximate surface area is 96.4 Å². The van der Waals surface area contributed by atoms with E-state index in [9.17, 15) is 0 Å². The largest absolute Gasteiger partial charge is 0.370 e. The van der Waals surface area contributed by atoms with Crippen LogP contribution in [-0.2, 0) is 0 Å². The molecule has 0 aromatic heterocycles. The quantitative estimate of drug-likeness (QED) is 0.697. The molecule has 0 aliphatic carbocycles. The predicted molar refractivity (Wildman–Crippen MR) is 67.5 cm³/mol. The first kappa shape index (κ1) is 10.6. The number of halogens is 1. The molecule has 1 heterocycles. The van der Waals surface area contributed by atoms with E-state index in [4.69, 9.17) is 11.6 Å². The predicted octanol–water partition coefficient (Wildman–Crippen LogP) is 3.80. The van der Waals surface area contributed by atoms with E-state index in [0.717, 1.165) is 18.0 Å². The summed E-state index contributed by atoms with van der Waals surface area (Å²) >= 11 is 6.40. The molecular formula is C13H16ClN. The van der Waals surface area contributed by atoms with Crippen LogP contribution in [-0.4, -0.2) is 13.6 Å². The Bertz CT molecular complexity index is 421. The molecule has 0 amide bonds. The number of fused-ring (bicyclic) bond motifs is 1. The van der Waals surface area contributed by atoms with E-state index in [1.54, 1.807) is 0 Å². The number of benzene rings is 1. The van der Waals surface area contributed by atoms with Gasteiger partial charge in [0, 0.05) is 24.8 Å². The molecule has 0 bridgehead atoms. The van der Waals surface area contributed by atoms with Crippen LogP contribution in [0.5, 0.6) is 0 Å². The van der Waals surface area contributed by atoms with Crippen molar-refractivity contribution >= 4 is 22.3 Å². The van der Waals surface area contributed by atoms with Crippen LogP contribution in [0.4, 0.5) is 5.69 Å². The number of aryl methyl sites for hydroxylation is 1. The van der Waals surface area contributed by atoms with Crippen molar-refractivity contribution in [3.63, 3.8) is 0 Å². The van der Waals surface area contributed by atoms with Gasteiger partial charge in [0.2, 0.25) is 0 Å². The topological polar surface area (TPSA) is 3.24 Å². The van der Waals surface area contributed by atoms with Gasteiger partial charge < -0.3 is 4.90 Å². The summed E-state index contributed by atoms with van der Waals surface area (Å²) in [6.07, 6.45) is 1.02. The first-order chi connectivity index (χ1) is 7.13. The van der Waals surface area contributed by atoms with Crippen molar-refractivity contribution in [3.05, 3.63) is 34.9 Å². The zero-order valence-corrected chi connectivity index (χ0v) is 10.2. The summed E-state index contributed by atoms with van der Waals surface area (Å²) in [7, 11) is 2.12. The van der Waals surface area contributed by atoms with E-state index in [1.807, 2.05) is 0 Å². The van der Waals surface area contributed by atoms with E-state index in [0.29, 0.717) is 0 Å². The first-order valence-electron chi connectivity index (χ1n) is 5.33. The highest BCUT2D eigenvalue weighted by Gasteiger charge is 2.19. The highest BCUT2D eigenvalue weighted by molar-refractivity contribution is 6.50. The van der Waals surface area contributed by atoms with E-state index in [-0.39, 0.29) is 0 Å². The number of likely N-dealkylation sites (N-methyl/N-ethyl adjacent to an activating group) is 1. The van der Waals surface area contributed by atoms with Gasteiger partial charge in [0.25, 0.3) is 0 Å². The molecule has 0 unspecified atom stereocenters. The van der Waals surface area contributed by atoms with Gasteiger partial charge >= 0.3 is 0 Å². The first-order valence-corrected chi connectivity index (χ1v) is 5.71. The lowest BCUT2D eigenvalue weighted by Gasteiger charge is -2.29. The van der Waals surface area contributed by atoms with E-state index < -0.39 is 0 Å². The van der Waals surface area contributed by atoms with Crippen molar-refractivity contribution < 1.29 is 0 Å². The van der Waals surface area contributed by atoms with Crippen molar-refractivity contribution in [2.24, 2.45) is 0 Å². The minimum absolute atomic E-state index is 0.950. The SMILES string of the molecule is CCC1=C(Cl)c2cc(C)ccc2N(C)C1. The maximum atomic E-state index is 6.40. The third-order valence-corrected chi connectivity index (χ3v) is 3.44. The molecule has 0 fully saturated rings. The van der Waals surface area contributed by atoms with Crippen LogP contribution in [0.15, 0.2) is 23.8 Å². The molecule has 15 heavy (non-hydrogen) atoms. The fourth-order valence-electron chi connectivity index (χ4n) is 2.06. The van der Waals surface area contributed by atoms with Gasteiger partial charge in [0.15, 0.2) is 0 Å². The van der Waals surface area contributed by atoms with Crippen LogP contribution in [0.25, 0.3) is 5.03 Å². The van der Waals surface area contributed by atoms with E-state index in [1.165, 1.54) is 22.4 Å². The molecule has 2 heteroatoms. The Morgan fingerprint density at radius 3 is 2.80 bits per heavy atom. The number of rotatable bonds is 1. The van der Waals surface area contributed by atoms with E-state index >= 15 is 0 Å². The van der Waals surface area contributed by atoms with Crippen molar-refractivity contribution in [2.75, 3.05) is 18.5 Å². The minimum atomic E-state index is 0.950. The van der Waals surface area contributed by atoms with Gasteiger partial charge in [-0.05, 0) is 31.1 Å². The summed E-state index contributed by atoms with van der Waals surface area (Å²) < 4.78 is 0. The Kier molecular flexibility index (Phi) is 2.74. The molecule has 0 saturated heterocycles. The normalized spacial score (nSPS) is 15.6. The maximum Gasteiger partial charge on any atom is 0.0508 e. The molecule has 0 saturated carbocycles. The lowest BCUT2D eigenvalue weighted by Crippen LogP contribution is -2.24. The van der Waals surface area contributed by atoms with Crippen molar-refractivity contribution in [2.45, 2.75) is 20.3 Å². The fourth-order valence-corrected chi connectivity index (χ4v) is 2.40. The Balaban J connectivity index is 2.60. The Hall–Kier alpha value is -0.950. The smallest absolute Gasteiger partial charge is 0.0508 e. The average Bonchev–Trinajstić information content (AvgIpc) is 2.23. The molecule has 0 N–H and O–H groups in total. The zero-order chi connectivity index (χ0) is 11.0. The molecule has 0 radical (unpaired) electrons. The molecule has 1 aliphatic heterocycles. The van der Waals surface area contributed by atoms with Gasteiger partial charge in [-0.25, -0.2) is 0 Å². The molecule has 0 atom stereocenters. The van der Waals surface area contributed by atoms with Crippen LogP contribution in [0.3, 0.4) is 0 Å². The number of hydrogen-bond donors (Lipinski definition) is 0. The van der Waals surface area contributed by atoms with Crippen molar-refractivity contribution in [1.29, 1.82) is 0 Å². The standard InChI is InChI=1S/C13H16ClN/c1-4-10-8-15(3)12-6-5-9(2)7-11(12)13(10)14/h5-7H,4,8H2,1-3H3. The van der Waals surface area contributed by atoms with Crippen molar-refractivity contribution in [3.8, 4) is 0 Å². The number of anilines is 1. The summed E-state index contributed by atoms with van der Waals surface area (Å²) in [4.78, 5) is 2.26. The lowest BCUT2D eigenvalue weighted by molar-refractivity contribution is 0.916. The number of hydrogen-bond acceptors (Lipinski definition) is 1. The Morgan fingerprint density at radius 2 is 2.13 bits per heavy atom. The van der Waals surface area contributed by atoms with Crippen LogP contribution in [0.2, 0.25) is 0 Å². The van der Waals surface area contributed by atoms with Gasteiger partial charge in [-0.3, -0.25) is 0 Å². The molecule has 80 valence electrons. The maximum absolute atomic E-state index is 6.40. The van der Waals surface area contributed by atoms with Crippen LogP contribution in [0, 0.1) is 6.92 Å². The minimum Gasteiger partial charge on any atom is -0.370 e. The fraction of sp³-hybridized carbons (Fsp3) is 0.385. The average molecular weight is 222 g/mol.